The second-order valence-electron chi connectivity index (χ2n) is 7.84. The zero-order valence-electron chi connectivity index (χ0n) is 18.9. The second-order valence-corrected chi connectivity index (χ2v) is 7.84. The van der Waals surface area contributed by atoms with Gasteiger partial charge in [-0.15, -0.1) is 4.74 Å². The van der Waals surface area contributed by atoms with Crippen molar-refractivity contribution in [3.8, 4) is 22.8 Å². The van der Waals surface area contributed by atoms with E-state index < -0.39 is 11.4 Å². The van der Waals surface area contributed by atoms with Gasteiger partial charge in [-0.05, 0) is 65.4 Å². The van der Waals surface area contributed by atoms with Gasteiger partial charge in [0.1, 0.15) is 19.0 Å². The minimum Gasteiger partial charge on any atom is -0.491 e. The number of H-pyrrole nitrogens is 1. The Labute approximate surface area is 195 Å². The number of aryl methyl sites for hydroxylation is 2. The van der Waals surface area contributed by atoms with E-state index in [4.69, 9.17) is 19.1 Å². The minimum absolute atomic E-state index is 0.0233. The van der Waals surface area contributed by atoms with Crippen molar-refractivity contribution >= 4 is 0 Å². The van der Waals surface area contributed by atoms with Crippen LogP contribution in [0.3, 0.4) is 0 Å². The lowest BCUT2D eigenvalue weighted by Gasteiger charge is -2.14. The Bertz CT molecular complexity index is 1360. The summed E-state index contributed by atoms with van der Waals surface area (Å²) in [5.41, 5.74) is 5.45. The molecule has 4 aromatic rings. The molecule has 9 heteroatoms. The van der Waals surface area contributed by atoms with Crippen molar-refractivity contribution < 1.29 is 19.1 Å². The quantitative estimate of drug-likeness (QED) is 0.392. The normalized spacial score (nSPS) is 10.9. The standard InChI is InChI=1S/C25H25N3O6/c1-16-10-21(32-9-8-29)11-17(2)23(16)20-5-3-4-18(12-20)15-33-22-7-6-19(13-26-22)14-28-24(30)27-25(31)34-28/h3-7,10-13,29H,8-9,14-15H2,1-2H3,(H,27,30,31). The van der Waals surface area contributed by atoms with Crippen LogP contribution in [-0.2, 0) is 13.2 Å². The van der Waals surface area contributed by atoms with E-state index in [1.54, 1.807) is 18.3 Å². The summed E-state index contributed by atoms with van der Waals surface area (Å²) in [6.45, 7) is 4.74. The average molecular weight is 463 g/mol. The lowest BCUT2D eigenvalue weighted by molar-refractivity contribution is 0.201. The molecule has 0 spiro atoms. The number of pyridine rings is 1. The third-order valence-corrected chi connectivity index (χ3v) is 5.22. The summed E-state index contributed by atoms with van der Waals surface area (Å²) in [6, 6.07) is 15.5. The fraction of sp³-hybridized carbons (Fsp3) is 0.240. The number of hydrogen-bond donors (Lipinski definition) is 2. The van der Waals surface area contributed by atoms with Crippen LogP contribution in [0.4, 0.5) is 0 Å². The molecule has 0 saturated carbocycles. The molecule has 34 heavy (non-hydrogen) atoms. The molecular formula is C25H25N3O6. The van der Waals surface area contributed by atoms with E-state index in [1.807, 2.05) is 43.1 Å². The predicted molar refractivity (Wildman–Crippen MR) is 125 cm³/mol. The van der Waals surface area contributed by atoms with Gasteiger partial charge in [0.05, 0.1) is 13.2 Å². The number of hydrogen-bond acceptors (Lipinski definition) is 7. The predicted octanol–water partition coefficient (Wildman–Crippen LogP) is 2.81. The minimum atomic E-state index is -0.795. The highest BCUT2D eigenvalue weighted by Crippen LogP contribution is 2.31. The number of ether oxygens (including phenoxy) is 2. The van der Waals surface area contributed by atoms with E-state index in [1.165, 1.54) is 0 Å². The molecule has 0 atom stereocenters. The fourth-order valence-electron chi connectivity index (χ4n) is 3.77. The lowest BCUT2D eigenvalue weighted by atomic mass is 9.94. The summed E-state index contributed by atoms with van der Waals surface area (Å²) in [5, 5.41) is 8.98. The van der Waals surface area contributed by atoms with Crippen LogP contribution in [0.1, 0.15) is 22.3 Å². The molecule has 0 radical (unpaired) electrons. The highest BCUT2D eigenvalue weighted by molar-refractivity contribution is 5.72. The molecule has 176 valence electrons. The van der Waals surface area contributed by atoms with Crippen LogP contribution in [-0.4, -0.2) is 33.0 Å². The summed E-state index contributed by atoms with van der Waals surface area (Å²) < 4.78 is 17.1. The number of nitrogens with one attached hydrogen (secondary N) is 1. The Morgan fingerprint density at radius 1 is 1.03 bits per heavy atom. The molecule has 2 aromatic heterocycles. The van der Waals surface area contributed by atoms with E-state index in [-0.39, 0.29) is 19.8 Å². The maximum absolute atomic E-state index is 11.6. The molecule has 2 heterocycles. The van der Waals surface area contributed by atoms with Gasteiger partial charge < -0.3 is 19.1 Å². The average Bonchev–Trinajstić information content (AvgIpc) is 3.13. The first-order valence-electron chi connectivity index (χ1n) is 10.8. The van der Waals surface area contributed by atoms with Gasteiger partial charge in [0, 0.05) is 12.3 Å². The van der Waals surface area contributed by atoms with E-state index in [2.05, 4.69) is 17.1 Å². The van der Waals surface area contributed by atoms with Gasteiger partial charge >= 0.3 is 11.4 Å². The molecule has 0 amide bonds. The second kappa shape index (κ2) is 10.2. The van der Waals surface area contributed by atoms with E-state index >= 15 is 0 Å². The first-order chi connectivity index (χ1) is 16.4. The summed E-state index contributed by atoms with van der Waals surface area (Å²) in [5.74, 6) is 0.386. The number of rotatable bonds is 9. The highest BCUT2D eigenvalue weighted by Gasteiger charge is 2.10. The van der Waals surface area contributed by atoms with Crippen molar-refractivity contribution in [3.05, 3.63) is 98.0 Å². The van der Waals surface area contributed by atoms with Crippen molar-refractivity contribution in [2.24, 2.45) is 0 Å². The molecule has 0 saturated heterocycles. The summed E-state index contributed by atoms with van der Waals surface area (Å²) in [4.78, 5) is 28.9. The van der Waals surface area contributed by atoms with Gasteiger partial charge in [-0.3, -0.25) is 0 Å². The van der Waals surface area contributed by atoms with Crippen LogP contribution in [0.15, 0.2) is 68.8 Å². The van der Waals surface area contributed by atoms with Gasteiger partial charge in [-0.25, -0.2) is 19.6 Å². The molecule has 0 aliphatic heterocycles. The number of aromatic amines is 1. The lowest BCUT2D eigenvalue weighted by Crippen LogP contribution is -2.17. The topological polar surface area (TPSA) is 120 Å². The first kappa shape index (κ1) is 23.1. The number of aliphatic hydroxyl groups is 1. The van der Waals surface area contributed by atoms with Crippen molar-refractivity contribution in [1.29, 1.82) is 0 Å². The number of aromatic nitrogens is 3. The van der Waals surface area contributed by atoms with Crippen molar-refractivity contribution in [2.45, 2.75) is 27.0 Å². The molecule has 0 aliphatic carbocycles. The Balaban J connectivity index is 1.43. The molecule has 2 N–H and O–H groups in total. The molecular weight excluding hydrogens is 438 g/mol. The SMILES string of the molecule is Cc1cc(OCCO)cc(C)c1-c1cccc(COc2ccc(Cn3oc(=O)[nH]c3=O)cn2)c1. The molecule has 4 rings (SSSR count). The van der Waals surface area contributed by atoms with Crippen molar-refractivity contribution in [1.82, 2.24) is 14.7 Å². The van der Waals surface area contributed by atoms with E-state index in [9.17, 15) is 9.59 Å². The van der Waals surface area contributed by atoms with Gasteiger partial charge in [-0.2, -0.15) is 0 Å². The Morgan fingerprint density at radius 2 is 1.82 bits per heavy atom. The van der Waals surface area contributed by atoms with E-state index in [0.717, 1.165) is 38.3 Å². The van der Waals surface area contributed by atoms with E-state index in [0.29, 0.717) is 18.1 Å². The van der Waals surface area contributed by atoms with Gasteiger partial charge in [0.2, 0.25) is 5.88 Å². The van der Waals surface area contributed by atoms with Crippen molar-refractivity contribution in [2.75, 3.05) is 13.2 Å². The largest absolute Gasteiger partial charge is 0.491 e. The molecule has 0 aliphatic rings. The number of aliphatic hydroxyl groups excluding tert-OH is 1. The van der Waals surface area contributed by atoms with Crippen LogP contribution < -0.4 is 20.9 Å². The summed E-state index contributed by atoms with van der Waals surface area (Å²) in [6.07, 6.45) is 1.57. The Morgan fingerprint density at radius 3 is 2.47 bits per heavy atom. The molecule has 2 aromatic carbocycles. The Hall–Kier alpha value is -4.11. The third-order valence-electron chi connectivity index (χ3n) is 5.22. The number of benzene rings is 2. The maximum atomic E-state index is 11.6. The molecule has 0 bridgehead atoms. The smallest absolute Gasteiger partial charge is 0.440 e. The zero-order chi connectivity index (χ0) is 24.1. The van der Waals surface area contributed by atoms with Crippen LogP contribution in [0.2, 0.25) is 0 Å². The van der Waals surface area contributed by atoms with Crippen LogP contribution >= 0.6 is 0 Å². The van der Waals surface area contributed by atoms with Gasteiger partial charge in [0.15, 0.2) is 0 Å². The third kappa shape index (κ3) is 5.44. The van der Waals surface area contributed by atoms with Crippen LogP contribution in [0.5, 0.6) is 11.6 Å². The number of nitrogens with zero attached hydrogens (tertiary/aromatic N) is 2. The highest BCUT2D eigenvalue weighted by atomic mass is 16.5. The zero-order valence-corrected chi connectivity index (χ0v) is 18.9. The molecule has 9 nitrogen and oxygen atoms in total. The summed E-state index contributed by atoms with van der Waals surface area (Å²) >= 11 is 0. The van der Waals surface area contributed by atoms with Gasteiger partial charge in [0.25, 0.3) is 0 Å². The molecule has 0 unspecified atom stereocenters. The fourth-order valence-corrected chi connectivity index (χ4v) is 3.77. The maximum Gasteiger partial charge on any atom is 0.440 e. The van der Waals surface area contributed by atoms with Crippen LogP contribution in [0.25, 0.3) is 11.1 Å². The molecule has 0 fully saturated rings. The first-order valence-corrected chi connectivity index (χ1v) is 10.8. The monoisotopic (exact) mass is 463 g/mol. The van der Waals surface area contributed by atoms with Gasteiger partial charge in [-0.1, -0.05) is 24.3 Å². The van der Waals surface area contributed by atoms with Crippen molar-refractivity contribution in [3.63, 3.8) is 0 Å². The Kier molecular flexibility index (Phi) is 6.93. The summed E-state index contributed by atoms with van der Waals surface area (Å²) in [7, 11) is 0. The van der Waals surface area contributed by atoms with Crippen LogP contribution in [0, 0.1) is 13.8 Å².